The van der Waals surface area contributed by atoms with Crippen LogP contribution in [0.4, 0.5) is 10.1 Å². The lowest BCUT2D eigenvalue weighted by Crippen LogP contribution is -2.41. The van der Waals surface area contributed by atoms with Gasteiger partial charge in [-0.15, -0.1) is 0 Å². The fourth-order valence-electron chi connectivity index (χ4n) is 3.40. The molecule has 2 heterocycles. The number of primary amides is 1. The van der Waals surface area contributed by atoms with E-state index in [4.69, 9.17) is 5.73 Å². The molecule has 0 radical (unpaired) electrons. The van der Waals surface area contributed by atoms with Gasteiger partial charge in [0, 0.05) is 32.3 Å². The van der Waals surface area contributed by atoms with Crippen LogP contribution in [0.5, 0.6) is 0 Å². The number of amides is 2. The molecule has 0 atom stereocenters. The summed E-state index contributed by atoms with van der Waals surface area (Å²) in [6.07, 6.45) is 1.97. The Labute approximate surface area is 168 Å². The topological polar surface area (TPSA) is 114 Å². The minimum Gasteiger partial charge on any atom is -0.364 e. The first kappa shape index (κ1) is 21.0. The van der Waals surface area contributed by atoms with Crippen LogP contribution in [-0.2, 0) is 21.9 Å². The van der Waals surface area contributed by atoms with Crippen molar-refractivity contribution >= 4 is 27.5 Å². The average Bonchev–Trinajstić information content (AvgIpc) is 3.07. The van der Waals surface area contributed by atoms with Gasteiger partial charge in [-0.05, 0) is 43.5 Å². The summed E-state index contributed by atoms with van der Waals surface area (Å²) in [6, 6.07) is 5.71. The van der Waals surface area contributed by atoms with Gasteiger partial charge in [-0.1, -0.05) is 6.07 Å². The van der Waals surface area contributed by atoms with Crippen molar-refractivity contribution in [2.45, 2.75) is 24.7 Å². The van der Waals surface area contributed by atoms with Gasteiger partial charge in [-0.25, -0.2) is 12.8 Å². The molecular formula is C19H23FN4O4S. The number of carbonyl (C=O) groups is 2. The predicted octanol–water partition coefficient (Wildman–Crippen LogP) is 1.61. The maximum absolute atomic E-state index is 13.9. The Kier molecular flexibility index (Phi) is 5.76. The Balaban J connectivity index is 1.66. The van der Waals surface area contributed by atoms with Crippen molar-refractivity contribution in [2.24, 2.45) is 18.7 Å². The molecule has 1 saturated heterocycles. The van der Waals surface area contributed by atoms with Crippen LogP contribution < -0.4 is 11.1 Å². The normalized spacial score (nSPS) is 16.0. The first-order valence-electron chi connectivity index (χ1n) is 9.13. The van der Waals surface area contributed by atoms with Crippen LogP contribution in [0.1, 0.15) is 28.9 Å². The lowest BCUT2D eigenvalue weighted by atomic mass is 9.97. The smallest absolute Gasteiger partial charge is 0.265 e. The number of benzene rings is 1. The van der Waals surface area contributed by atoms with Crippen LogP contribution in [0.2, 0.25) is 0 Å². The summed E-state index contributed by atoms with van der Waals surface area (Å²) in [5.74, 6) is -1.98. The molecule has 156 valence electrons. The van der Waals surface area contributed by atoms with E-state index in [-0.39, 0.29) is 35.3 Å². The number of carbonyl (C=O) groups excluding carboxylic acids is 2. The van der Waals surface area contributed by atoms with E-state index in [0.717, 1.165) is 5.56 Å². The Hall–Kier alpha value is -2.72. The molecular weight excluding hydrogens is 399 g/mol. The largest absolute Gasteiger partial charge is 0.364 e. The van der Waals surface area contributed by atoms with Crippen molar-refractivity contribution in [3.63, 3.8) is 0 Å². The second-order valence-electron chi connectivity index (χ2n) is 7.19. The zero-order valence-corrected chi connectivity index (χ0v) is 17.0. The fourth-order valence-corrected chi connectivity index (χ4v) is 4.94. The number of nitrogens with two attached hydrogens (primary N) is 1. The van der Waals surface area contributed by atoms with E-state index < -0.39 is 27.7 Å². The number of aromatic nitrogens is 1. The molecule has 1 aromatic heterocycles. The molecule has 1 aromatic carbocycles. The van der Waals surface area contributed by atoms with Crippen molar-refractivity contribution in [1.82, 2.24) is 8.87 Å². The number of anilines is 1. The van der Waals surface area contributed by atoms with E-state index in [1.54, 1.807) is 26.1 Å². The summed E-state index contributed by atoms with van der Waals surface area (Å²) >= 11 is 0. The van der Waals surface area contributed by atoms with Gasteiger partial charge in [0.25, 0.3) is 5.91 Å². The van der Waals surface area contributed by atoms with Gasteiger partial charge in [0.1, 0.15) is 16.4 Å². The molecule has 2 amide bonds. The number of nitrogens with one attached hydrogen (secondary N) is 1. The molecule has 0 unspecified atom stereocenters. The zero-order valence-electron chi connectivity index (χ0n) is 16.2. The molecule has 1 fully saturated rings. The first-order valence-corrected chi connectivity index (χ1v) is 10.6. The molecule has 0 aliphatic carbocycles. The Morgan fingerprint density at radius 1 is 1.21 bits per heavy atom. The number of piperidine rings is 1. The van der Waals surface area contributed by atoms with E-state index in [9.17, 15) is 22.4 Å². The van der Waals surface area contributed by atoms with Crippen molar-refractivity contribution in [3.05, 3.63) is 47.5 Å². The molecule has 10 heteroatoms. The van der Waals surface area contributed by atoms with E-state index in [1.807, 2.05) is 0 Å². The average molecular weight is 422 g/mol. The highest BCUT2D eigenvalue weighted by Crippen LogP contribution is 2.26. The third-order valence-corrected chi connectivity index (χ3v) is 6.94. The van der Waals surface area contributed by atoms with Crippen LogP contribution in [-0.4, -0.2) is 42.2 Å². The maximum atomic E-state index is 13.9. The third kappa shape index (κ3) is 4.33. The van der Waals surface area contributed by atoms with Gasteiger partial charge in [0.15, 0.2) is 0 Å². The van der Waals surface area contributed by atoms with Gasteiger partial charge in [0.2, 0.25) is 15.9 Å². The molecule has 0 saturated carbocycles. The number of sulfonamides is 1. The summed E-state index contributed by atoms with van der Waals surface area (Å²) in [5, 5.41) is 2.59. The van der Waals surface area contributed by atoms with Gasteiger partial charge >= 0.3 is 0 Å². The standard InChI is InChI=1S/C19H23FN4O4S/c1-12-3-4-15(20)16(9-12)22-19(26)13-5-7-24(8-6-13)29(27,28)14-10-17(18(21)25)23(2)11-14/h3-4,9-11,13H,5-8H2,1-2H3,(H2,21,25)(H,22,26). The number of nitrogens with zero attached hydrogens (tertiary/aromatic N) is 2. The molecule has 1 aliphatic heterocycles. The highest BCUT2D eigenvalue weighted by Gasteiger charge is 2.33. The lowest BCUT2D eigenvalue weighted by Gasteiger charge is -2.30. The highest BCUT2D eigenvalue weighted by molar-refractivity contribution is 7.89. The molecule has 3 N–H and O–H groups in total. The number of halogens is 1. The van der Waals surface area contributed by atoms with Crippen molar-refractivity contribution < 1.29 is 22.4 Å². The first-order chi connectivity index (χ1) is 13.6. The van der Waals surface area contributed by atoms with E-state index in [1.165, 1.54) is 27.2 Å². The summed E-state index contributed by atoms with van der Waals surface area (Å²) in [4.78, 5) is 23.8. The number of rotatable bonds is 5. The van der Waals surface area contributed by atoms with Gasteiger partial charge < -0.3 is 15.6 Å². The SMILES string of the molecule is Cc1ccc(F)c(NC(=O)C2CCN(S(=O)(=O)c3cc(C(N)=O)n(C)c3)CC2)c1. The predicted molar refractivity (Wildman–Crippen MR) is 105 cm³/mol. The Morgan fingerprint density at radius 2 is 1.86 bits per heavy atom. The van der Waals surface area contributed by atoms with Crippen LogP contribution >= 0.6 is 0 Å². The van der Waals surface area contributed by atoms with E-state index >= 15 is 0 Å². The van der Waals surface area contributed by atoms with Crippen LogP contribution in [0.25, 0.3) is 0 Å². The monoisotopic (exact) mass is 422 g/mol. The number of aryl methyl sites for hydroxylation is 2. The van der Waals surface area contributed by atoms with E-state index in [0.29, 0.717) is 12.8 Å². The van der Waals surface area contributed by atoms with E-state index in [2.05, 4.69) is 5.32 Å². The minimum absolute atomic E-state index is 0.0152. The molecule has 0 bridgehead atoms. The molecule has 2 aromatic rings. The molecule has 1 aliphatic rings. The lowest BCUT2D eigenvalue weighted by molar-refractivity contribution is -0.120. The van der Waals surface area contributed by atoms with Crippen molar-refractivity contribution in [3.8, 4) is 0 Å². The second kappa shape index (κ2) is 7.96. The quantitative estimate of drug-likeness (QED) is 0.762. The number of hydrogen-bond acceptors (Lipinski definition) is 4. The summed E-state index contributed by atoms with van der Waals surface area (Å²) in [6.45, 7) is 2.10. The maximum Gasteiger partial charge on any atom is 0.265 e. The van der Waals surface area contributed by atoms with Crippen LogP contribution in [0, 0.1) is 18.7 Å². The highest BCUT2D eigenvalue weighted by atomic mass is 32.2. The Morgan fingerprint density at radius 3 is 2.45 bits per heavy atom. The minimum atomic E-state index is -3.80. The summed E-state index contributed by atoms with van der Waals surface area (Å²) in [5.41, 5.74) is 6.28. The van der Waals surface area contributed by atoms with Crippen LogP contribution in [0.3, 0.4) is 0 Å². The Bertz CT molecular complexity index is 1060. The van der Waals surface area contributed by atoms with Gasteiger partial charge in [-0.3, -0.25) is 9.59 Å². The molecule has 8 nitrogen and oxygen atoms in total. The van der Waals surface area contributed by atoms with Gasteiger partial charge in [-0.2, -0.15) is 4.31 Å². The summed E-state index contributed by atoms with van der Waals surface area (Å²) in [7, 11) is -2.26. The van der Waals surface area contributed by atoms with Crippen molar-refractivity contribution in [1.29, 1.82) is 0 Å². The van der Waals surface area contributed by atoms with Gasteiger partial charge in [0.05, 0.1) is 5.69 Å². The molecule has 29 heavy (non-hydrogen) atoms. The van der Waals surface area contributed by atoms with Crippen LogP contribution in [0.15, 0.2) is 35.4 Å². The third-order valence-electron chi connectivity index (χ3n) is 5.07. The summed E-state index contributed by atoms with van der Waals surface area (Å²) < 4.78 is 42.2. The molecule has 3 rings (SSSR count). The molecule has 0 spiro atoms. The number of hydrogen-bond donors (Lipinski definition) is 2. The zero-order chi connectivity index (χ0) is 21.3. The fraction of sp³-hybridized carbons (Fsp3) is 0.368. The second-order valence-corrected chi connectivity index (χ2v) is 9.13. The van der Waals surface area contributed by atoms with Crippen molar-refractivity contribution in [2.75, 3.05) is 18.4 Å².